The largest absolute Gasteiger partial charge is 0.481 e. The van der Waals surface area contributed by atoms with E-state index in [0.29, 0.717) is 6.54 Å². The number of rotatable bonds is 6. The minimum Gasteiger partial charge on any atom is -0.481 e. The Morgan fingerprint density at radius 1 is 1.45 bits per heavy atom. The first kappa shape index (κ1) is 10.4. The van der Waals surface area contributed by atoms with E-state index in [1.165, 1.54) is 0 Å². The van der Waals surface area contributed by atoms with Crippen molar-refractivity contribution in [3.8, 4) is 0 Å². The molecule has 0 spiro atoms. The summed E-state index contributed by atoms with van der Waals surface area (Å²) in [5, 5.41) is 11.3. The van der Waals surface area contributed by atoms with Gasteiger partial charge < -0.3 is 15.3 Å². The maximum absolute atomic E-state index is 10.0. The number of hydrogen-bond acceptors (Lipinski definition) is 3. The maximum atomic E-state index is 10.0. The van der Waals surface area contributed by atoms with Crippen molar-refractivity contribution in [2.45, 2.75) is 6.42 Å². The van der Waals surface area contributed by atoms with Crippen LogP contribution in [0, 0.1) is 0 Å². The lowest BCUT2D eigenvalue weighted by molar-refractivity contribution is -0.136. The van der Waals surface area contributed by atoms with E-state index < -0.39 is 5.97 Å². The topological polar surface area (TPSA) is 52.6 Å². The lowest BCUT2D eigenvalue weighted by atomic mass is 10.4. The molecule has 2 N–H and O–H groups in total. The fraction of sp³-hybridized carbons (Fsp3) is 0.857. The Kier molecular flexibility index (Phi) is 5.78. The number of likely N-dealkylation sites (N-methyl/N-ethyl adjacent to an activating group) is 1. The van der Waals surface area contributed by atoms with Crippen molar-refractivity contribution in [2.24, 2.45) is 0 Å². The Morgan fingerprint density at radius 3 is 2.55 bits per heavy atom. The van der Waals surface area contributed by atoms with Crippen LogP contribution in [0.4, 0.5) is 0 Å². The van der Waals surface area contributed by atoms with Gasteiger partial charge in [-0.15, -0.1) is 0 Å². The van der Waals surface area contributed by atoms with E-state index in [4.69, 9.17) is 5.11 Å². The second kappa shape index (κ2) is 6.12. The van der Waals surface area contributed by atoms with Gasteiger partial charge in [0.05, 0.1) is 6.42 Å². The Hall–Kier alpha value is -0.610. The first-order valence-corrected chi connectivity index (χ1v) is 3.70. The van der Waals surface area contributed by atoms with Gasteiger partial charge in [0.1, 0.15) is 0 Å². The van der Waals surface area contributed by atoms with Gasteiger partial charge in [-0.2, -0.15) is 0 Å². The van der Waals surface area contributed by atoms with Crippen LogP contribution in [0.2, 0.25) is 0 Å². The minimum atomic E-state index is -0.748. The Bertz CT molecular complexity index is 115. The van der Waals surface area contributed by atoms with Crippen molar-refractivity contribution in [1.29, 1.82) is 0 Å². The average molecular weight is 160 g/mol. The summed E-state index contributed by atoms with van der Waals surface area (Å²) in [6, 6.07) is 0. The molecule has 4 heteroatoms. The second-order valence-corrected chi connectivity index (χ2v) is 2.70. The number of nitrogens with zero attached hydrogens (tertiary/aromatic N) is 1. The number of carboxylic acids is 1. The molecule has 0 heterocycles. The quantitative estimate of drug-likeness (QED) is 0.520. The highest BCUT2D eigenvalue weighted by Gasteiger charge is 1.94. The SMILES string of the molecule is CN(C)CCNCCC(=O)O. The maximum Gasteiger partial charge on any atom is 0.304 e. The molecule has 0 saturated carbocycles. The number of aliphatic carboxylic acids is 1. The fourth-order valence-corrected chi connectivity index (χ4v) is 0.623. The number of nitrogens with one attached hydrogen (secondary N) is 1. The van der Waals surface area contributed by atoms with E-state index in [2.05, 4.69) is 5.32 Å². The van der Waals surface area contributed by atoms with Crippen LogP contribution in [-0.4, -0.2) is 49.7 Å². The zero-order valence-electron chi connectivity index (χ0n) is 7.13. The highest BCUT2D eigenvalue weighted by Crippen LogP contribution is 1.75. The molecule has 0 aromatic rings. The highest BCUT2D eigenvalue weighted by molar-refractivity contribution is 5.66. The number of carbonyl (C=O) groups is 1. The smallest absolute Gasteiger partial charge is 0.304 e. The van der Waals surface area contributed by atoms with Gasteiger partial charge in [0.2, 0.25) is 0 Å². The molecule has 0 rings (SSSR count). The summed E-state index contributed by atoms with van der Waals surface area (Å²) in [5.41, 5.74) is 0. The molecule has 0 aromatic heterocycles. The monoisotopic (exact) mass is 160 g/mol. The fourth-order valence-electron chi connectivity index (χ4n) is 0.623. The van der Waals surface area contributed by atoms with Crippen LogP contribution in [0.1, 0.15) is 6.42 Å². The standard InChI is InChI=1S/C7H16N2O2/c1-9(2)6-5-8-4-3-7(10)11/h8H,3-6H2,1-2H3,(H,10,11). The van der Waals surface area contributed by atoms with Gasteiger partial charge in [-0.25, -0.2) is 0 Å². The Balaban J connectivity index is 2.97. The van der Waals surface area contributed by atoms with Crippen molar-refractivity contribution in [3.63, 3.8) is 0 Å². The van der Waals surface area contributed by atoms with Gasteiger partial charge in [0, 0.05) is 19.6 Å². The first-order valence-electron chi connectivity index (χ1n) is 3.70. The third-order valence-corrected chi connectivity index (χ3v) is 1.25. The summed E-state index contributed by atoms with van der Waals surface area (Å²) < 4.78 is 0. The molecule has 0 bridgehead atoms. The van der Waals surface area contributed by atoms with E-state index in [1.54, 1.807) is 0 Å². The Morgan fingerprint density at radius 2 is 2.09 bits per heavy atom. The van der Waals surface area contributed by atoms with E-state index >= 15 is 0 Å². The molecular weight excluding hydrogens is 144 g/mol. The molecule has 0 atom stereocenters. The molecule has 0 aliphatic rings. The van der Waals surface area contributed by atoms with Gasteiger partial charge in [0.25, 0.3) is 0 Å². The summed E-state index contributed by atoms with van der Waals surface area (Å²) in [7, 11) is 3.97. The van der Waals surface area contributed by atoms with E-state index in [-0.39, 0.29) is 6.42 Å². The molecule has 0 saturated heterocycles. The van der Waals surface area contributed by atoms with E-state index in [1.807, 2.05) is 19.0 Å². The number of carboxylic acid groups (broad SMARTS) is 1. The summed E-state index contributed by atoms with van der Waals surface area (Å²) in [4.78, 5) is 12.1. The highest BCUT2D eigenvalue weighted by atomic mass is 16.4. The predicted molar refractivity (Wildman–Crippen MR) is 43.7 cm³/mol. The van der Waals surface area contributed by atoms with Gasteiger partial charge in [0.15, 0.2) is 0 Å². The lowest BCUT2D eigenvalue weighted by Gasteiger charge is -2.09. The molecule has 0 fully saturated rings. The van der Waals surface area contributed by atoms with Crippen LogP contribution in [0.5, 0.6) is 0 Å². The van der Waals surface area contributed by atoms with Crippen LogP contribution in [0.15, 0.2) is 0 Å². The second-order valence-electron chi connectivity index (χ2n) is 2.70. The average Bonchev–Trinajstić information content (AvgIpc) is 1.85. The normalized spacial score (nSPS) is 10.5. The molecule has 0 amide bonds. The molecule has 0 unspecified atom stereocenters. The van der Waals surface area contributed by atoms with Crippen LogP contribution in [0.3, 0.4) is 0 Å². The third-order valence-electron chi connectivity index (χ3n) is 1.25. The van der Waals surface area contributed by atoms with Crippen LogP contribution in [-0.2, 0) is 4.79 Å². The third kappa shape index (κ3) is 9.39. The van der Waals surface area contributed by atoms with Crippen LogP contribution < -0.4 is 5.32 Å². The van der Waals surface area contributed by atoms with Gasteiger partial charge in [-0.1, -0.05) is 0 Å². The lowest BCUT2D eigenvalue weighted by Crippen LogP contribution is -2.28. The molecule has 11 heavy (non-hydrogen) atoms. The van der Waals surface area contributed by atoms with Gasteiger partial charge in [-0.3, -0.25) is 4.79 Å². The van der Waals surface area contributed by atoms with Crippen molar-refractivity contribution in [3.05, 3.63) is 0 Å². The Labute approximate surface area is 67.2 Å². The van der Waals surface area contributed by atoms with Crippen molar-refractivity contribution >= 4 is 5.97 Å². The van der Waals surface area contributed by atoms with Crippen LogP contribution in [0.25, 0.3) is 0 Å². The molecule has 0 radical (unpaired) electrons. The first-order chi connectivity index (χ1) is 5.13. The summed E-state index contributed by atoms with van der Waals surface area (Å²) in [5.74, 6) is -0.748. The zero-order valence-corrected chi connectivity index (χ0v) is 7.13. The summed E-state index contributed by atoms with van der Waals surface area (Å²) >= 11 is 0. The van der Waals surface area contributed by atoms with E-state index in [0.717, 1.165) is 13.1 Å². The van der Waals surface area contributed by atoms with Crippen molar-refractivity contribution in [2.75, 3.05) is 33.7 Å². The van der Waals surface area contributed by atoms with Crippen molar-refractivity contribution < 1.29 is 9.90 Å². The van der Waals surface area contributed by atoms with Gasteiger partial charge >= 0.3 is 5.97 Å². The molecule has 0 aliphatic carbocycles. The predicted octanol–water partition coefficient (Wildman–Crippen LogP) is -0.388. The number of hydrogen-bond donors (Lipinski definition) is 2. The molecule has 66 valence electrons. The molecular formula is C7H16N2O2. The molecule has 4 nitrogen and oxygen atoms in total. The van der Waals surface area contributed by atoms with Crippen molar-refractivity contribution in [1.82, 2.24) is 10.2 Å². The summed E-state index contributed by atoms with van der Waals surface area (Å²) in [6.07, 6.45) is 0.202. The van der Waals surface area contributed by atoms with Crippen LogP contribution >= 0.6 is 0 Å². The van der Waals surface area contributed by atoms with E-state index in [9.17, 15) is 4.79 Å². The molecule has 0 aromatic carbocycles. The zero-order chi connectivity index (χ0) is 8.69. The summed E-state index contributed by atoms with van der Waals surface area (Å²) in [6.45, 7) is 2.35. The molecule has 0 aliphatic heterocycles. The van der Waals surface area contributed by atoms with Gasteiger partial charge in [-0.05, 0) is 14.1 Å². The minimum absolute atomic E-state index is 0.202.